The normalized spacial score (nSPS) is 18.7. The van der Waals surface area contributed by atoms with Gasteiger partial charge in [0.1, 0.15) is 34.6 Å². The van der Waals surface area contributed by atoms with Gasteiger partial charge in [-0.15, -0.1) is 0 Å². The van der Waals surface area contributed by atoms with Crippen molar-refractivity contribution in [2.24, 2.45) is 0 Å². The second kappa shape index (κ2) is 18.9. The zero-order valence-electron chi connectivity index (χ0n) is 33.2. The van der Waals surface area contributed by atoms with E-state index in [2.05, 4.69) is 10.6 Å². The van der Waals surface area contributed by atoms with E-state index in [0.717, 1.165) is 0 Å². The highest BCUT2D eigenvalue weighted by atomic mass is 19.1. The number of phenolic OH excluding ortho intramolecular Hbond substituents is 4. The largest absolute Gasteiger partial charge is 0.508 e. The van der Waals surface area contributed by atoms with E-state index < -0.39 is 36.1 Å². The van der Waals surface area contributed by atoms with Crippen LogP contribution >= 0.6 is 0 Å². The van der Waals surface area contributed by atoms with E-state index in [4.69, 9.17) is 0 Å². The number of para-hydroxylation sites is 2. The van der Waals surface area contributed by atoms with Crippen LogP contribution in [0.1, 0.15) is 70.9 Å². The third-order valence-electron chi connectivity index (χ3n) is 11.0. The Balaban J connectivity index is 0.000000186. The Morgan fingerprint density at radius 2 is 1.02 bits per heavy atom. The maximum absolute atomic E-state index is 13.2. The van der Waals surface area contributed by atoms with Crippen LogP contribution in [0.3, 0.4) is 0 Å². The first kappa shape index (κ1) is 42.7. The van der Waals surface area contributed by atoms with Crippen LogP contribution in [0, 0.1) is 11.6 Å². The van der Waals surface area contributed by atoms with Crippen molar-refractivity contribution in [2.45, 2.75) is 56.0 Å². The number of rotatable bonds is 12. The molecule has 2 fully saturated rings. The maximum Gasteiger partial charge on any atom is 0.322 e. The zero-order valence-corrected chi connectivity index (χ0v) is 33.2. The fourth-order valence-corrected chi connectivity index (χ4v) is 7.95. The Hall–Kier alpha value is -7.45. The number of Topliss-reactive ketones (excluding diaryl/α,β-unsaturated/α-hetero) is 1. The molecule has 2 saturated heterocycles. The van der Waals surface area contributed by atoms with E-state index >= 15 is 0 Å². The average Bonchev–Trinajstić information content (AvgIpc) is 3.77. The van der Waals surface area contributed by atoms with Crippen LogP contribution in [0.25, 0.3) is 0 Å². The SMILES string of the molecule is O=C(CC[C@@H]1NC(=O)N(c2ccccc2)[C@@H]1c1ccc(O)cc1O)c1ccc(F)cc1.O=C1N[C@@H](CC[C@H](O)c2ccc(F)cc2)[C@@H](c2ccc(O)cc2O)N1c1ccccc1. The van der Waals surface area contributed by atoms with E-state index in [1.807, 2.05) is 36.4 Å². The van der Waals surface area contributed by atoms with E-state index in [-0.39, 0.29) is 53.1 Å². The highest BCUT2D eigenvalue weighted by Crippen LogP contribution is 2.42. The lowest BCUT2D eigenvalue weighted by molar-refractivity contribution is 0.0975. The summed E-state index contributed by atoms with van der Waals surface area (Å²) in [7, 11) is 0. The molecular weight excluding hydrogens is 799 g/mol. The van der Waals surface area contributed by atoms with Crippen LogP contribution in [-0.2, 0) is 0 Å². The van der Waals surface area contributed by atoms with Gasteiger partial charge in [-0.1, -0.05) is 48.5 Å². The molecule has 2 heterocycles. The predicted octanol–water partition coefficient (Wildman–Crippen LogP) is 8.93. The van der Waals surface area contributed by atoms with E-state index in [0.29, 0.717) is 52.9 Å². The Bertz CT molecular complexity index is 2510. The summed E-state index contributed by atoms with van der Waals surface area (Å²) in [5.41, 5.74) is 3.24. The number of carbonyl (C=O) groups is 3. The predicted molar refractivity (Wildman–Crippen MR) is 228 cm³/mol. The summed E-state index contributed by atoms with van der Waals surface area (Å²) in [6.07, 6.45) is 0.371. The second-order valence-corrected chi connectivity index (χ2v) is 15.0. The van der Waals surface area contributed by atoms with Gasteiger partial charge in [0.25, 0.3) is 0 Å². The highest BCUT2D eigenvalue weighted by molar-refractivity contribution is 5.98. The minimum absolute atomic E-state index is 0.0759. The first-order valence-corrected chi connectivity index (χ1v) is 19.9. The fourth-order valence-electron chi connectivity index (χ4n) is 7.95. The van der Waals surface area contributed by atoms with Crippen molar-refractivity contribution in [1.82, 2.24) is 10.6 Å². The maximum atomic E-state index is 13.2. The van der Waals surface area contributed by atoms with Crippen molar-refractivity contribution in [2.75, 3.05) is 9.80 Å². The lowest BCUT2D eigenvalue weighted by Gasteiger charge is -2.28. The molecule has 2 aliphatic rings. The number of aliphatic hydroxyl groups is 1. The molecule has 14 heteroatoms. The van der Waals surface area contributed by atoms with Gasteiger partial charge in [-0.25, -0.2) is 18.4 Å². The Kier molecular flexibility index (Phi) is 13.0. The second-order valence-electron chi connectivity index (χ2n) is 15.0. The standard InChI is InChI=1S/C24H23FN2O4.C24H21FN2O4/c2*25-16-8-6-15(7-9-16)21(29)13-12-20-23(19-11-10-18(28)14-22(19)30)27(24(31)26-20)17-4-2-1-3-5-17/h1-11,14,20-21,23,28-30H,12-13H2,(H,26,31);1-11,14,20,23,28,30H,12-13H2,(H,26,31)/t20-,21-,23+;20-,23+/m00/s1. The number of nitrogens with zero attached hydrogens (tertiary/aromatic N) is 2. The highest BCUT2D eigenvalue weighted by Gasteiger charge is 2.43. The number of hydrogen-bond donors (Lipinski definition) is 7. The number of halogens is 2. The number of carbonyl (C=O) groups excluding carboxylic acids is 3. The Morgan fingerprint density at radius 1 is 0.581 bits per heavy atom. The first-order valence-electron chi connectivity index (χ1n) is 19.9. The summed E-state index contributed by atoms with van der Waals surface area (Å²) in [5.74, 6) is -1.38. The van der Waals surface area contributed by atoms with Crippen LogP contribution in [0.2, 0.25) is 0 Å². The topological polar surface area (TPSA) is 183 Å². The fraction of sp³-hybridized carbons (Fsp3) is 0.188. The molecule has 0 aliphatic carbocycles. The van der Waals surface area contributed by atoms with Crippen molar-refractivity contribution >= 4 is 29.2 Å². The number of anilines is 2. The number of benzene rings is 6. The van der Waals surface area contributed by atoms with Gasteiger partial charge in [0, 0.05) is 46.6 Å². The molecule has 318 valence electrons. The van der Waals surface area contributed by atoms with Crippen molar-refractivity contribution < 1.29 is 48.7 Å². The van der Waals surface area contributed by atoms with Crippen LogP contribution in [0.15, 0.2) is 146 Å². The smallest absolute Gasteiger partial charge is 0.322 e. The summed E-state index contributed by atoms with van der Waals surface area (Å²) in [6, 6.07) is 35.0. The molecule has 6 aromatic rings. The lowest BCUT2D eigenvalue weighted by Crippen LogP contribution is -2.29. The summed E-state index contributed by atoms with van der Waals surface area (Å²) in [4.78, 5) is 41.4. The van der Waals surface area contributed by atoms with Crippen LogP contribution in [-0.4, -0.2) is 55.5 Å². The Labute approximate surface area is 355 Å². The number of nitrogens with one attached hydrogen (secondary N) is 2. The molecule has 0 unspecified atom stereocenters. The molecule has 5 atom stereocenters. The molecule has 8 rings (SSSR count). The number of urea groups is 2. The van der Waals surface area contributed by atoms with E-state index in [1.54, 1.807) is 46.2 Å². The molecule has 0 aromatic heterocycles. The molecule has 0 saturated carbocycles. The Morgan fingerprint density at radius 3 is 1.47 bits per heavy atom. The minimum Gasteiger partial charge on any atom is -0.508 e. The molecule has 0 spiro atoms. The van der Waals surface area contributed by atoms with Gasteiger partial charge in [-0.2, -0.15) is 0 Å². The van der Waals surface area contributed by atoms with Gasteiger partial charge in [0.15, 0.2) is 5.78 Å². The quantitative estimate of drug-likeness (QED) is 0.0596. The molecule has 2 aliphatic heterocycles. The average molecular weight is 843 g/mol. The summed E-state index contributed by atoms with van der Waals surface area (Å²) >= 11 is 0. The number of hydrogen-bond acceptors (Lipinski definition) is 8. The number of ketones is 1. The van der Waals surface area contributed by atoms with Crippen LogP contribution in [0.4, 0.5) is 29.7 Å². The number of aliphatic hydroxyl groups excluding tert-OH is 1. The molecular formula is C48H44F2N4O8. The van der Waals surface area contributed by atoms with Crippen molar-refractivity contribution in [3.05, 3.63) is 179 Å². The van der Waals surface area contributed by atoms with Gasteiger partial charge in [0.05, 0.1) is 30.3 Å². The lowest BCUT2D eigenvalue weighted by atomic mass is 9.92. The van der Waals surface area contributed by atoms with Crippen molar-refractivity contribution in [3.8, 4) is 23.0 Å². The van der Waals surface area contributed by atoms with Crippen LogP contribution < -0.4 is 20.4 Å². The molecule has 4 amide bonds. The zero-order chi connectivity index (χ0) is 43.9. The van der Waals surface area contributed by atoms with E-state index in [9.17, 15) is 48.7 Å². The monoisotopic (exact) mass is 842 g/mol. The molecule has 6 aromatic carbocycles. The number of amides is 4. The third-order valence-corrected chi connectivity index (χ3v) is 11.0. The molecule has 12 nitrogen and oxygen atoms in total. The first-order chi connectivity index (χ1) is 29.9. The third kappa shape index (κ3) is 9.61. The molecule has 0 radical (unpaired) electrons. The minimum atomic E-state index is -0.822. The van der Waals surface area contributed by atoms with Gasteiger partial charge in [-0.3, -0.25) is 14.6 Å². The summed E-state index contributed by atoms with van der Waals surface area (Å²) in [6.45, 7) is 0. The van der Waals surface area contributed by atoms with Gasteiger partial charge < -0.3 is 36.2 Å². The number of phenols is 4. The van der Waals surface area contributed by atoms with Crippen molar-refractivity contribution in [1.29, 1.82) is 0 Å². The van der Waals surface area contributed by atoms with Gasteiger partial charge in [-0.05, 0) is 110 Å². The number of aromatic hydroxyl groups is 4. The van der Waals surface area contributed by atoms with Crippen molar-refractivity contribution in [3.63, 3.8) is 0 Å². The summed E-state index contributed by atoms with van der Waals surface area (Å²) < 4.78 is 26.3. The van der Waals surface area contributed by atoms with E-state index in [1.165, 1.54) is 72.8 Å². The van der Waals surface area contributed by atoms with Crippen LogP contribution in [0.5, 0.6) is 23.0 Å². The molecule has 0 bridgehead atoms. The molecule has 62 heavy (non-hydrogen) atoms. The van der Waals surface area contributed by atoms with Gasteiger partial charge >= 0.3 is 12.1 Å². The summed E-state index contributed by atoms with van der Waals surface area (Å²) in [5, 5.41) is 56.7. The molecule has 7 N–H and O–H groups in total. The van der Waals surface area contributed by atoms with Gasteiger partial charge in [0.2, 0.25) is 0 Å².